The van der Waals surface area contributed by atoms with Crippen LogP contribution in [0.1, 0.15) is 28.4 Å². The van der Waals surface area contributed by atoms with E-state index in [1.54, 1.807) is 36.8 Å². The number of hydrogen-bond acceptors (Lipinski definition) is 7. The molecule has 0 atom stereocenters. The minimum Gasteiger partial charge on any atom is -0.495 e. The fraction of sp³-hybridized carbons (Fsp3) is 0.500. The number of rotatable bonds is 7. The van der Waals surface area contributed by atoms with Gasteiger partial charge in [-0.2, -0.15) is 0 Å². The molecule has 0 radical (unpaired) electrons. The van der Waals surface area contributed by atoms with Crippen molar-refractivity contribution in [1.82, 2.24) is 24.8 Å². The number of thiazole rings is 1. The van der Waals surface area contributed by atoms with Gasteiger partial charge >= 0.3 is 0 Å². The molecule has 3 aromatic heterocycles. The van der Waals surface area contributed by atoms with E-state index in [2.05, 4.69) is 34.0 Å². The summed E-state index contributed by atoms with van der Waals surface area (Å²) >= 11 is 1.78. The second kappa shape index (κ2) is 9.24. The number of aryl methyl sites for hydroxylation is 2. The molecule has 1 saturated heterocycles. The van der Waals surface area contributed by atoms with Crippen LogP contribution in [-0.4, -0.2) is 52.2 Å². The molecule has 0 saturated carbocycles. The number of nitrogens with zero attached hydrogens (tertiary/aromatic N) is 4. The van der Waals surface area contributed by atoms with Crippen molar-refractivity contribution in [2.45, 2.75) is 45.8 Å². The molecular weight excluding hydrogens is 398 g/mol. The average molecular weight is 428 g/mol. The van der Waals surface area contributed by atoms with E-state index in [0.29, 0.717) is 18.3 Å². The third kappa shape index (κ3) is 4.71. The second-order valence-corrected chi connectivity index (χ2v) is 9.14. The van der Waals surface area contributed by atoms with Gasteiger partial charge in [0.05, 0.1) is 30.0 Å². The molecule has 7 nitrogen and oxygen atoms in total. The van der Waals surface area contributed by atoms with Crippen molar-refractivity contribution in [3.05, 3.63) is 50.3 Å². The molecule has 160 valence electrons. The van der Waals surface area contributed by atoms with Crippen molar-refractivity contribution in [2.75, 3.05) is 26.7 Å². The van der Waals surface area contributed by atoms with Crippen molar-refractivity contribution < 1.29 is 4.74 Å². The SMILES string of the molecule is COc1cnc2ccc(=O)n(CCN3CCC(NCc4nc(C)c(C)s4)CC3)c2c1. The standard InChI is InChI=1S/C22H29N5O2S/c1-15-16(2)30-21(25-15)14-23-17-6-8-26(9-7-17)10-11-27-20-12-18(29-3)13-24-19(20)4-5-22(27)28/h4-5,12-13,17,23H,6-11,14H2,1-3H3. The van der Waals surface area contributed by atoms with Gasteiger partial charge in [-0.3, -0.25) is 9.78 Å². The first-order chi connectivity index (χ1) is 14.5. The molecule has 0 amide bonds. The largest absolute Gasteiger partial charge is 0.495 e. The quantitative estimate of drug-likeness (QED) is 0.625. The Morgan fingerprint density at radius 2 is 2.03 bits per heavy atom. The van der Waals surface area contributed by atoms with Gasteiger partial charge < -0.3 is 19.5 Å². The highest BCUT2D eigenvalue weighted by Crippen LogP contribution is 2.19. The van der Waals surface area contributed by atoms with E-state index >= 15 is 0 Å². The zero-order valence-electron chi connectivity index (χ0n) is 17.9. The lowest BCUT2D eigenvalue weighted by atomic mass is 10.1. The van der Waals surface area contributed by atoms with Crippen LogP contribution >= 0.6 is 11.3 Å². The van der Waals surface area contributed by atoms with Crippen molar-refractivity contribution >= 4 is 22.4 Å². The fourth-order valence-electron chi connectivity index (χ4n) is 3.94. The minimum absolute atomic E-state index is 0.00291. The molecule has 4 heterocycles. The van der Waals surface area contributed by atoms with E-state index in [4.69, 9.17) is 4.74 Å². The third-order valence-corrected chi connectivity index (χ3v) is 6.96. The van der Waals surface area contributed by atoms with E-state index < -0.39 is 0 Å². The summed E-state index contributed by atoms with van der Waals surface area (Å²) in [6.45, 7) is 8.63. The van der Waals surface area contributed by atoms with Crippen LogP contribution in [0.3, 0.4) is 0 Å². The highest BCUT2D eigenvalue weighted by molar-refractivity contribution is 7.11. The normalized spacial score (nSPS) is 15.7. The first kappa shape index (κ1) is 21.0. The van der Waals surface area contributed by atoms with E-state index in [1.165, 1.54) is 9.88 Å². The molecule has 4 rings (SSSR count). The number of hydrogen-bond donors (Lipinski definition) is 1. The summed E-state index contributed by atoms with van der Waals surface area (Å²) in [5.74, 6) is 0.666. The Bertz CT molecular complexity index is 1050. The zero-order chi connectivity index (χ0) is 21.1. The first-order valence-electron chi connectivity index (χ1n) is 10.5. The first-order valence-corrected chi connectivity index (χ1v) is 11.3. The molecule has 8 heteroatoms. The lowest BCUT2D eigenvalue weighted by molar-refractivity contribution is 0.191. The summed E-state index contributed by atoms with van der Waals surface area (Å²) in [6, 6.07) is 5.79. The Hall–Kier alpha value is -2.29. The zero-order valence-corrected chi connectivity index (χ0v) is 18.7. The Morgan fingerprint density at radius 1 is 1.23 bits per heavy atom. The molecule has 0 unspecified atom stereocenters. The van der Waals surface area contributed by atoms with E-state index in [0.717, 1.165) is 55.7 Å². The summed E-state index contributed by atoms with van der Waals surface area (Å²) in [7, 11) is 1.61. The number of aromatic nitrogens is 3. The monoisotopic (exact) mass is 427 g/mol. The number of likely N-dealkylation sites (tertiary alicyclic amines) is 1. The third-order valence-electron chi connectivity index (χ3n) is 5.89. The molecule has 1 fully saturated rings. The van der Waals surface area contributed by atoms with Crippen LogP contribution in [0.25, 0.3) is 11.0 Å². The maximum atomic E-state index is 12.5. The number of methoxy groups -OCH3 is 1. The number of pyridine rings is 2. The van der Waals surface area contributed by atoms with E-state index in [9.17, 15) is 4.79 Å². The van der Waals surface area contributed by atoms with Gasteiger partial charge in [0.2, 0.25) is 0 Å². The molecule has 0 spiro atoms. The number of piperidine rings is 1. The highest BCUT2D eigenvalue weighted by Gasteiger charge is 2.19. The summed E-state index contributed by atoms with van der Waals surface area (Å²) < 4.78 is 7.10. The summed E-state index contributed by atoms with van der Waals surface area (Å²) in [5.41, 5.74) is 2.78. The van der Waals surface area contributed by atoms with Crippen molar-refractivity contribution in [3.63, 3.8) is 0 Å². The lowest BCUT2D eigenvalue weighted by Crippen LogP contribution is -2.43. The van der Waals surface area contributed by atoms with E-state index in [-0.39, 0.29) is 5.56 Å². The van der Waals surface area contributed by atoms with Gasteiger partial charge in [0, 0.05) is 42.7 Å². The molecule has 0 bridgehead atoms. The molecule has 0 aliphatic carbocycles. The van der Waals surface area contributed by atoms with Gasteiger partial charge in [-0.25, -0.2) is 4.98 Å². The summed E-state index contributed by atoms with van der Waals surface area (Å²) in [6.07, 6.45) is 3.91. The van der Waals surface area contributed by atoms with Gasteiger partial charge in [0.1, 0.15) is 10.8 Å². The minimum atomic E-state index is 0.00291. The maximum Gasteiger partial charge on any atom is 0.251 e. The summed E-state index contributed by atoms with van der Waals surface area (Å²) in [5, 5.41) is 4.84. The number of ether oxygens (including phenoxy) is 1. The molecule has 3 aromatic rings. The molecule has 1 aliphatic heterocycles. The molecule has 0 aromatic carbocycles. The Morgan fingerprint density at radius 3 is 2.73 bits per heavy atom. The number of nitrogens with one attached hydrogen (secondary N) is 1. The smallest absolute Gasteiger partial charge is 0.251 e. The van der Waals surface area contributed by atoms with E-state index in [1.807, 2.05) is 10.6 Å². The predicted molar refractivity (Wildman–Crippen MR) is 120 cm³/mol. The van der Waals surface area contributed by atoms with Crippen LogP contribution in [0.5, 0.6) is 5.75 Å². The predicted octanol–water partition coefficient (Wildman–Crippen LogP) is 2.73. The summed E-state index contributed by atoms with van der Waals surface area (Å²) in [4.78, 5) is 25.2. The average Bonchev–Trinajstić information content (AvgIpc) is 3.09. The molecule has 1 aliphatic rings. The van der Waals surface area contributed by atoms with Crippen LogP contribution in [0.4, 0.5) is 0 Å². The fourth-order valence-corrected chi connectivity index (χ4v) is 4.82. The Balaban J connectivity index is 1.31. The number of fused-ring (bicyclic) bond motifs is 1. The van der Waals surface area contributed by atoms with Gasteiger partial charge in [-0.1, -0.05) is 0 Å². The highest BCUT2D eigenvalue weighted by atomic mass is 32.1. The van der Waals surface area contributed by atoms with Gasteiger partial charge in [0.15, 0.2) is 0 Å². The van der Waals surface area contributed by atoms with Crippen LogP contribution in [0.15, 0.2) is 29.2 Å². The Kier molecular flexibility index (Phi) is 6.46. The molecule has 30 heavy (non-hydrogen) atoms. The van der Waals surface area contributed by atoms with Gasteiger partial charge in [-0.15, -0.1) is 11.3 Å². The topological polar surface area (TPSA) is 72.3 Å². The molecular formula is C22H29N5O2S. The van der Waals surface area contributed by atoms with Crippen LogP contribution in [-0.2, 0) is 13.1 Å². The lowest BCUT2D eigenvalue weighted by Gasteiger charge is -2.32. The molecule has 1 N–H and O–H groups in total. The van der Waals surface area contributed by atoms with Gasteiger partial charge in [-0.05, 0) is 45.8 Å². The van der Waals surface area contributed by atoms with Crippen molar-refractivity contribution in [2.24, 2.45) is 0 Å². The van der Waals surface area contributed by atoms with Crippen LogP contribution in [0.2, 0.25) is 0 Å². The van der Waals surface area contributed by atoms with Crippen molar-refractivity contribution in [3.8, 4) is 5.75 Å². The van der Waals surface area contributed by atoms with Crippen LogP contribution in [0, 0.1) is 13.8 Å². The Labute approximate surface area is 180 Å². The van der Waals surface area contributed by atoms with Crippen LogP contribution < -0.4 is 15.6 Å². The maximum absolute atomic E-state index is 12.5. The van der Waals surface area contributed by atoms with Gasteiger partial charge in [0.25, 0.3) is 5.56 Å². The van der Waals surface area contributed by atoms with Crippen molar-refractivity contribution in [1.29, 1.82) is 0 Å². The second-order valence-electron chi connectivity index (χ2n) is 7.85.